The molecule has 0 spiro atoms. The fourth-order valence-electron chi connectivity index (χ4n) is 0.919. The summed E-state index contributed by atoms with van der Waals surface area (Å²) in [5.41, 5.74) is 1.92. The topological polar surface area (TPSA) is 0 Å². The van der Waals surface area contributed by atoms with Gasteiger partial charge in [0.1, 0.15) is 5.82 Å². The Morgan fingerprint density at radius 3 is 2.58 bits per heavy atom. The lowest BCUT2D eigenvalue weighted by molar-refractivity contribution is 0.626. The summed E-state index contributed by atoms with van der Waals surface area (Å²) in [6.07, 6.45) is 1.88. The molecular formula is C9H7Br2F. The van der Waals surface area contributed by atoms with Crippen molar-refractivity contribution in [1.29, 1.82) is 0 Å². The van der Waals surface area contributed by atoms with E-state index >= 15 is 0 Å². The van der Waals surface area contributed by atoms with Crippen molar-refractivity contribution in [3.63, 3.8) is 0 Å². The molecule has 0 aliphatic rings. The fourth-order valence-corrected chi connectivity index (χ4v) is 1.41. The maximum absolute atomic E-state index is 12.6. The third-order valence-corrected chi connectivity index (χ3v) is 1.95. The Kier molecular flexibility index (Phi) is 3.47. The van der Waals surface area contributed by atoms with E-state index in [1.807, 2.05) is 13.0 Å². The van der Waals surface area contributed by atoms with Crippen LogP contribution < -0.4 is 0 Å². The van der Waals surface area contributed by atoms with E-state index in [0.717, 1.165) is 14.5 Å². The van der Waals surface area contributed by atoms with E-state index in [1.165, 1.54) is 12.1 Å². The summed E-state index contributed by atoms with van der Waals surface area (Å²) in [5, 5.41) is 0. The third-order valence-electron chi connectivity index (χ3n) is 1.50. The normalized spacial score (nSPS) is 9.67. The van der Waals surface area contributed by atoms with Crippen LogP contribution in [0.2, 0.25) is 0 Å². The smallest absolute Gasteiger partial charge is 0.123 e. The van der Waals surface area contributed by atoms with Gasteiger partial charge in [0.15, 0.2) is 0 Å². The predicted octanol–water partition coefficient (Wildman–Crippen LogP) is 4.22. The van der Waals surface area contributed by atoms with Gasteiger partial charge in [0, 0.05) is 0 Å². The van der Waals surface area contributed by atoms with Gasteiger partial charge in [0.2, 0.25) is 0 Å². The van der Waals surface area contributed by atoms with Crippen LogP contribution in [-0.2, 0) is 0 Å². The van der Waals surface area contributed by atoms with Crippen molar-refractivity contribution in [1.82, 2.24) is 0 Å². The maximum atomic E-state index is 12.6. The zero-order valence-corrected chi connectivity index (χ0v) is 9.62. The monoisotopic (exact) mass is 292 g/mol. The number of aryl methyl sites for hydroxylation is 1. The molecule has 0 amide bonds. The van der Waals surface area contributed by atoms with Crippen molar-refractivity contribution in [3.05, 3.63) is 38.5 Å². The highest BCUT2D eigenvalue weighted by atomic mass is 79.9. The fraction of sp³-hybridized carbons (Fsp3) is 0.111. The van der Waals surface area contributed by atoms with E-state index in [1.54, 1.807) is 6.07 Å². The van der Waals surface area contributed by atoms with Crippen molar-refractivity contribution in [2.24, 2.45) is 0 Å². The number of hydrogen-bond donors (Lipinski definition) is 0. The standard InChI is InChI=1S/C9H7Br2F/c1-6-4-8(12)3-2-7(6)5-9(10)11/h2-5H,1H3. The molecule has 0 heterocycles. The Hall–Kier alpha value is -0.150. The van der Waals surface area contributed by atoms with E-state index in [-0.39, 0.29) is 5.82 Å². The largest absolute Gasteiger partial charge is 0.207 e. The third kappa shape index (κ3) is 2.72. The van der Waals surface area contributed by atoms with E-state index in [0.29, 0.717) is 0 Å². The number of halogens is 3. The van der Waals surface area contributed by atoms with Gasteiger partial charge >= 0.3 is 0 Å². The molecule has 0 N–H and O–H groups in total. The van der Waals surface area contributed by atoms with Gasteiger partial charge in [-0.05, 0) is 68.1 Å². The van der Waals surface area contributed by atoms with Crippen LogP contribution >= 0.6 is 31.9 Å². The van der Waals surface area contributed by atoms with Gasteiger partial charge in [-0.15, -0.1) is 0 Å². The molecule has 12 heavy (non-hydrogen) atoms. The van der Waals surface area contributed by atoms with Crippen molar-refractivity contribution in [2.45, 2.75) is 6.92 Å². The lowest BCUT2D eigenvalue weighted by atomic mass is 10.1. The summed E-state index contributed by atoms with van der Waals surface area (Å²) < 4.78 is 13.5. The molecule has 0 aromatic heterocycles. The molecule has 1 aromatic rings. The first kappa shape index (κ1) is 9.93. The molecule has 0 unspecified atom stereocenters. The molecule has 0 fully saturated rings. The molecule has 3 heteroatoms. The predicted molar refractivity (Wildman–Crippen MR) is 57.0 cm³/mol. The number of rotatable bonds is 1. The van der Waals surface area contributed by atoms with Crippen molar-refractivity contribution >= 4 is 37.9 Å². The minimum absolute atomic E-state index is 0.199. The maximum Gasteiger partial charge on any atom is 0.123 e. The van der Waals surface area contributed by atoms with Gasteiger partial charge in [0.05, 0.1) is 3.39 Å². The average Bonchev–Trinajstić information content (AvgIpc) is 1.94. The Morgan fingerprint density at radius 1 is 1.42 bits per heavy atom. The summed E-state index contributed by atoms with van der Waals surface area (Å²) in [4.78, 5) is 0. The Labute approximate surface area is 87.7 Å². The van der Waals surface area contributed by atoms with Gasteiger partial charge < -0.3 is 0 Å². The first-order valence-electron chi connectivity index (χ1n) is 3.38. The van der Waals surface area contributed by atoms with Crippen LogP contribution in [0.1, 0.15) is 11.1 Å². The molecule has 0 atom stereocenters. The van der Waals surface area contributed by atoms with Crippen LogP contribution in [0, 0.1) is 12.7 Å². The lowest BCUT2D eigenvalue weighted by Gasteiger charge is -1.99. The molecule has 0 aliphatic carbocycles. The Balaban J connectivity index is 3.10. The highest BCUT2D eigenvalue weighted by molar-refractivity contribution is 9.28. The quantitative estimate of drug-likeness (QED) is 0.727. The van der Waals surface area contributed by atoms with Gasteiger partial charge in [-0.2, -0.15) is 0 Å². The van der Waals surface area contributed by atoms with E-state index in [4.69, 9.17) is 0 Å². The van der Waals surface area contributed by atoms with Crippen LogP contribution in [-0.4, -0.2) is 0 Å². The van der Waals surface area contributed by atoms with Gasteiger partial charge in [-0.1, -0.05) is 6.07 Å². The Morgan fingerprint density at radius 2 is 2.08 bits per heavy atom. The molecular weight excluding hydrogens is 287 g/mol. The molecule has 64 valence electrons. The van der Waals surface area contributed by atoms with Gasteiger partial charge in [-0.3, -0.25) is 0 Å². The second-order valence-corrected chi connectivity index (χ2v) is 5.21. The van der Waals surface area contributed by atoms with Crippen LogP contribution in [0.3, 0.4) is 0 Å². The van der Waals surface area contributed by atoms with Gasteiger partial charge in [0.25, 0.3) is 0 Å². The van der Waals surface area contributed by atoms with Crippen molar-refractivity contribution < 1.29 is 4.39 Å². The molecule has 0 saturated carbocycles. The molecule has 1 rings (SSSR count). The van der Waals surface area contributed by atoms with Crippen LogP contribution in [0.25, 0.3) is 6.08 Å². The van der Waals surface area contributed by atoms with Crippen LogP contribution in [0.5, 0.6) is 0 Å². The van der Waals surface area contributed by atoms with Crippen LogP contribution in [0.15, 0.2) is 21.6 Å². The van der Waals surface area contributed by atoms with Gasteiger partial charge in [-0.25, -0.2) is 4.39 Å². The SMILES string of the molecule is Cc1cc(F)ccc1C=C(Br)Br. The average molecular weight is 294 g/mol. The number of hydrogen-bond acceptors (Lipinski definition) is 0. The first-order chi connectivity index (χ1) is 5.59. The molecule has 1 aromatic carbocycles. The highest BCUT2D eigenvalue weighted by Crippen LogP contribution is 2.20. The summed E-state index contributed by atoms with van der Waals surface area (Å²) >= 11 is 6.50. The van der Waals surface area contributed by atoms with Crippen LogP contribution in [0.4, 0.5) is 4.39 Å². The summed E-state index contributed by atoms with van der Waals surface area (Å²) in [6, 6.07) is 4.70. The van der Waals surface area contributed by atoms with Crippen molar-refractivity contribution in [3.8, 4) is 0 Å². The first-order valence-corrected chi connectivity index (χ1v) is 4.97. The van der Waals surface area contributed by atoms with E-state index in [2.05, 4.69) is 31.9 Å². The minimum Gasteiger partial charge on any atom is -0.207 e. The molecule has 0 radical (unpaired) electrons. The molecule has 0 nitrogen and oxygen atoms in total. The zero-order valence-electron chi connectivity index (χ0n) is 6.44. The second kappa shape index (κ2) is 4.19. The summed E-state index contributed by atoms with van der Waals surface area (Å²) in [7, 11) is 0. The van der Waals surface area contributed by atoms with E-state index < -0.39 is 0 Å². The molecule has 0 bridgehead atoms. The zero-order chi connectivity index (χ0) is 9.14. The Bertz CT molecular complexity index is 314. The second-order valence-electron chi connectivity index (χ2n) is 2.43. The minimum atomic E-state index is -0.199. The van der Waals surface area contributed by atoms with E-state index in [9.17, 15) is 4.39 Å². The molecule has 0 saturated heterocycles. The summed E-state index contributed by atoms with van der Waals surface area (Å²) in [6.45, 7) is 1.87. The molecule has 0 aliphatic heterocycles. The summed E-state index contributed by atoms with van der Waals surface area (Å²) in [5.74, 6) is -0.199. The number of benzene rings is 1. The van der Waals surface area contributed by atoms with Crippen molar-refractivity contribution in [2.75, 3.05) is 0 Å². The lowest BCUT2D eigenvalue weighted by Crippen LogP contribution is -1.82. The highest BCUT2D eigenvalue weighted by Gasteiger charge is 1.96.